The molecule has 0 unspecified atom stereocenters. The first-order chi connectivity index (χ1) is 20.9. The molecule has 45 heavy (non-hydrogen) atoms. The van der Waals surface area contributed by atoms with Crippen LogP contribution in [0.3, 0.4) is 0 Å². The summed E-state index contributed by atoms with van der Waals surface area (Å²) in [5, 5.41) is 6.15. The zero-order chi connectivity index (χ0) is 31.7. The summed E-state index contributed by atoms with van der Waals surface area (Å²) < 4.78 is 0. The second-order valence-electron chi connectivity index (χ2n) is 12.9. The van der Waals surface area contributed by atoms with Gasteiger partial charge in [0.05, 0.1) is 11.4 Å². The van der Waals surface area contributed by atoms with Gasteiger partial charge in [-0.05, 0) is 83.0 Å². The van der Waals surface area contributed by atoms with Crippen LogP contribution in [0.2, 0.25) is 0 Å². The first kappa shape index (κ1) is 35.8. The number of hydrogen-bond donors (Lipinski definition) is 2. The quantitative estimate of drug-likeness (QED) is 0.196. The molecule has 0 saturated heterocycles. The van der Waals surface area contributed by atoms with E-state index < -0.39 is 0 Å². The van der Waals surface area contributed by atoms with E-state index in [1.165, 1.54) is 0 Å². The second kappa shape index (κ2) is 16.0. The van der Waals surface area contributed by atoms with Gasteiger partial charge in [0, 0.05) is 35.5 Å². The van der Waals surface area contributed by atoms with E-state index in [1.807, 2.05) is 30.3 Å². The topological polar surface area (TPSA) is 103 Å². The lowest BCUT2D eigenvalue weighted by atomic mass is 9.86. The largest absolute Gasteiger partial charge is 0.412 e. The van der Waals surface area contributed by atoms with Crippen LogP contribution >= 0.6 is 21.6 Å². The minimum absolute atomic E-state index is 0. The third kappa shape index (κ3) is 11.0. The number of carbonyl (C=O) groups excluding carboxylic acids is 2. The van der Waals surface area contributed by atoms with Crippen molar-refractivity contribution in [2.24, 2.45) is 0 Å². The molecule has 3 aromatic rings. The molecule has 4 N–H and O–H groups in total. The van der Waals surface area contributed by atoms with E-state index >= 15 is 0 Å². The highest BCUT2D eigenvalue weighted by molar-refractivity contribution is 8.76. The van der Waals surface area contributed by atoms with Gasteiger partial charge in [-0.2, -0.15) is 0 Å². The number of nitrogens with one attached hydrogen (secondary N) is 2. The average Bonchev–Trinajstić information content (AvgIpc) is 2.96. The molecule has 0 aliphatic carbocycles. The fraction of sp³-hybridized carbons (Fsp3) is 0.378. The molecule has 2 bridgehead atoms. The number of nitrogens with zero attached hydrogens (tertiary/aromatic N) is 1. The standard InChI is InChI=1S/C37H41N3O2S2.H2O/c1-36(2,3)28-16-20-32-26(24-28)14-18-30-10-7-11-31(38-30)19-15-27-25-29(37(4,5)6)17-21-33(27)40-35(42)13-9-23-44-43-22-8-12-34(41)39-32;/h7,10-11,16-17,20-21,24-25H,8-9,12-13,22-23H2,1-6H3,(H,39,41)(H,40,42);1H2. The molecule has 2 amide bonds. The number of pyridine rings is 1. The molecule has 2 heterocycles. The highest BCUT2D eigenvalue weighted by Gasteiger charge is 2.17. The van der Waals surface area contributed by atoms with Gasteiger partial charge in [-0.15, -0.1) is 0 Å². The van der Waals surface area contributed by atoms with Crippen LogP contribution in [-0.4, -0.2) is 33.8 Å². The Morgan fingerprint density at radius 1 is 0.644 bits per heavy atom. The number of fused-ring (bicyclic) bond motifs is 4. The van der Waals surface area contributed by atoms with Crippen LogP contribution in [0.5, 0.6) is 0 Å². The Labute approximate surface area is 276 Å². The van der Waals surface area contributed by atoms with Crippen molar-refractivity contribution in [3.63, 3.8) is 0 Å². The predicted octanol–water partition coefficient (Wildman–Crippen LogP) is 7.48. The van der Waals surface area contributed by atoms with E-state index in [4.69, 9.17) is 0 Å². The van der Waals surface area contributed by atoms with E-state index in [0.717, 1.165) is 46.6 Å². The van der Waals surface area contributed by atoms with Crippen LogP contribution in [0.1, 0.15) is 101 Å². The van der Waals surface area contributed by atoms with Crippen molar-refractivity contribution in [2.45, 2.75) is 78.1 Å². The van der Waals surface area contributed by atoms with E-state index in [2.05, 4.69) is 105 Å². The van der Waals surface area contributed by atoms with Gasteiger partial charge in [0.2, 0.25) is 11.8 Å². The normalized spacial score (nSPS) is 14.9. The van der Waals surface area contributed by atoms with Gasteiger partial charge in [-0.1, -0.05) is 93.2 Å². The first-order valence-corrected chi connectivity index (χ1v) is 17.5. The summed E-state index contributed by atoms with van der Waals surface area (Å²) in [6.45, 7) is 13.0. The fourth-order valence-corrected chi connectivity index (χ4v) is 6.58. The molecular weight excluding hydrogens is 599 g/mol. The molecule has 1 aromatic heterocycles. The molecule has 236 valence electrons. The zero-order valence-corrected chi connectivity index (χ0v) is 28.7. The number of benzene rings is 2. The van der Waals surface area contributed by atoms with Crippen molar-refractivity contribution in [1.82, 2.24) is 4.98 Å². The van der Waals surface area contributed by atoms with Crippen LogP contribution in [-0.2, 0) is 20.4 Å². The summed E-state index contributed by atoms with van der Waals surface area (Å²) in [6, 6.07) is 17.7. The van der Waals surface area contributed by atoms with Gasteiger partial charge >= 0.3 is 0 Å². The maximum Gasteiger partial charge on any atom is 0.224 e. The molecule has 0 radical (unpaired) electrons. The Hall–Kier alpha value is -3.69. The molecule has 8 heteroatoms. The van der Waals surface area contributed by atoms with Crippen LogP contribution in [0.25, 0.3) is 0 Å². The monoisotopic (exact) mass is 641 g/mol. The molecule has 4 rings (SSSR count). The highest BCUT2D eigenvalue weighted by Crippen LogP contribution is 2.29. The van der Waals surface area contributed by atoms with Crippen LogP contribution < -0.4 is 10.6 Å². The average molecular weight is 642 g/mol. The van der Waals surface area contributed by atoms with Gasteiger partial charge in [-0.3, -0.25) is 9.59 Å². The van der Waals surface area contributed by atoms with E-state index in [0.29, 0.717) is 35.6 Å². The molecule has 1 aliphatic rings. The summed E-state index contributed by atoms with van der Waals surface area (Å²) in [6.07, 6.45) is 2.41. The highest BCUT2D eigenvalue weighted by atomic mass is 33.1. The van der Waals surface area contributed by atoms with Crippen LogP contribution in [0.15, 0.2) is 54.6 Å². The number of amides is 2. The van der Waals surface area contributed by atoms with Gasteiger partial charge in [0.15, 0.2) is 0 Å². The predicted molar refractivity (Wildman–Crippen MR) is 191 cm³/mol. The maximum atomic E-state index is 12.8. The maximum absolute atomic E-state index is 12.8. The van der Waals surface area contributed by atoms with E-state index in [1.54, 1.807) is 21.6 Å². The van der Waals surface area contributed by atoms with Crippen molar-refractivity contribution in [3.8, 4) is 23.7 Å². The second-order valence-corrected chi connectivity index (χ2v) is 15.6. The number of carbonyl (C=O) groups is 2. The Bertz CT molecular complexity index is 1530. The van der Waals surface area contributed by atoms with E-state index in [9.17, 15) is 9.59 Å². The van der Waals surface area contributed by atoms with Crippen molar-refractivity contribution in [3.05, 3.63) is 88.2 Å². The van der Waals surface area contributed by atoms with E-state index in [-0.39, 0.29) is 28.1 Å². The summed E-state index contributed by atoms with van der Waals surface area (Å²) >= 11 is 0. The van der Waals surface area contributed by atoms with Gasteiger partial charge in [0.25, 0.3) is 0 Å². The molecule has 2 aromatic carbocycles. The Kier molecular flexibility index (Phi) is 12.8. The van der Waals surface area contributed by atoms with Crippen molar-refractivity contribution < 1.29 is 15.1 Å². The van der Waals surface area contributed by atoms with Gasteiger partial charge in [0.1, 0.15) is 11.4 Å². The summed E-state index contributed by atoms with van der Waals surface area (Å²) in [5.41, 5.74) is 6.23. The van der Waals surface area contributed by atoms with Crippen molar-refractivity contribution in [1.29, 1.82) is 0 Å². The van der Waals surface area contributed by atoms with Crippen molar-refractivity contribution in [2.75, 3.05) is 22.1 Å². The molecule has 0 saturated carbocycles. The number of hydrogen-bond acceptors (Lipinski definition) is 5. The lowest BCUT2D eigenvalue weighted by Gasteiger charge is -2.20. The third-order valence-corrected chi connectivity index (χ3v) is 9.64. The molecular formula is C37H43N3O3S2. The number of aromatic nitrogens is 1. The minimum Gasteiger partial charge on any atom is -0.412 e. The van der Waals surface area contributed by atoms with Gasteiger partial charge in [-0.25, -0.2) is 4.98 Å². The summed E-state index contributed by atoms with van der Waals surface area (Å²) in [5.74, 6) is 14.6. The number of rotatable bonds is 0. The minimum atomic E-state index is -0.0638. The molecule has 0 spiro atoms. The molecule has 0 fully saturated rings. The Morgan fingerprint density at radius 2 is 1.07 bits per heavy atom. The SMILES string of the molecule is CC(C)(C)c1ccc2c(c1)C#Cc1cccc(n1)C#Cc1cc(C(C)(C)C)ccc1NC(=O)CCCSSCCCC(=O)N2.O. The lowest BCUT2D eigenvalue weighted by molar-refractivity contribution is -0.117. The van der Waals surface area contributed by atoms with Crippen LogP contribution in [0, 0.1) is 23.7 Å². The first-order valence-electron chi connectivity index (χ1n) is 15.0. The fourth-order valence-electron chi connectivity index (χ4n) is 4.41. The van der Waals surface area contributed by atoms with Crippen LogP contribution in [0.4, 0.5) is 11.4 Å². The molecule has 6 nitrogen and oxygen atoms in total. The summed E-state index contributed by atoms with van der Waals surface area (Å²) in [7, 11) is 3.49. The summed E-state index contributed by atoms with van der Waals surface area (Å²) in [4.78, 5) is 30.3. The molecule has 1 aliphatic heterocycles. The number of anilines is 2. The smallest absolute Gasteiger partial charge is 0.224 e. The third-order valence-electron chi connectivity index (χ3n) is 7.07. The zero-order valence-electron chi connectivity index (χ0n) is 27.0. The van der Waals surface area contributed by atoms with Crippen molar-refractivity contribution >= 4 is 44.8 Å². The van der Waals surface area contributed by atoms with Gasteiger partial charge < -0.3 is 16.1 Å². The molecule has 0 atom stereocenters. The Morgan fingerprint density at radius 3 is 1.47 bits per heavy atom. The Balaban J connectivity index is 0.00000552. The lowest BCUT2D eigenvalue weighted by Crippen LogP contribution is -2.15.